The van der Waals surface area contributed by atoms with E-state index in [0.29, 0.717) is 11.6 Å². The molecular weight excluding hydrogens is 419 g/mol. The zero-order valence-electron chi connectivity index (χ0n) is 13.7. The number of carbonyl (C=O) groups excluding carboxylic acids is 2. The molecule has 0 fully saturated rings. The van der Waals surface area contributed by atoms with Crippen molar-refractivity contribution in [3.63, 3.8) is 0 Å². The minimum Gasteiger partial charge on any atom is -1.00 e. The van der Waals surface area contributed by atoms with Crippen LogP contribution in [-0.2, 0) is 9.59 Å². The third kappa shape index (κ3) is 6.19. The maximum atomic E-state index is 8.93. The number of nitrogens with two attached hydrogens (primary N) is 2. The lowest BCUT2D eigenvalue weighted by Crippen LogP contribution is -3.00. The van der Waals surface area contributed by atoms with Crippen molar-refractivity contribution >= 4 is 45.9 Å². The fourth-order valence-corrected chi connectivity index (χ4v) is 1.74. The summed E-state index contributed by atoms with van der Waals surface area (Å²) < 4.78 is 0. The van der Waals surface area contributed by atoms with Gasteiger partial charge >= 0.3 is 35.6 Å². The van der Waals surface area contributed by atoms with Gasteiger partial charge in [-0.25, -0.2) is 0 Å². The maximum Gasteiger partial charge on any atom is 0.368 e. The van der Waals surface area contributed by atoms with Crippen LogP contribution in [-0.4, -0.2) is 31.9 Å². The van der Waals surface area contributed by atoms with Crippen molar-refractivity contribution in [2.24, 2.45) is 0 Å². The van der Waals surface area contributed by atoms with Gasteiger partial charge in [-0.1, -0.05) is 0 Å². The first kappa shape index (κ1) is 24.2. The monoisotopic (exact) mass is 432 g/mol. The average molecular weight is 433 g/mol. The van der Waals surface area contributed by atoms with Gasteiger partial charge in [0.05, 0.1) is 11.9 Å². The number of halogens is 2. The average Bonchev–Trinajstić information content (AvgIpc) is 3.26. The highest BCUT2D eigenvalue weighted by atomic mass is 35.5. The molecule has 10 N–H and O–H groups in total. The van der Waals surface area contributed by atoms with Gasteiger partial charge in [-0.15, -0.1) is 0 Å². The molecule has 150 valence electrons. The number of nitrogens with zero attached hydrogens (tertiary/aromatic N) is 2. The summed E-state index contributed by atoms with van der Waals surface area (Å²) in [6.07, 6.45) is 6.47. The summed E-state index contributed by atoms with van der Waals surface area (Å²) >= 11 is 0. The molecular formula is C12H14Cl2N10O4. The van der Waals surface area contributed by atoms with E-state index < -0.39 is 11.9 Å². The van der Waals surface area contributed by atoms with Crippen molar-refractivity contribution in [3.8, 4) is 0 Å². The van der Waals surface area contributed by atoms with Crippen LogP contribution in [0.25, 0.3) is 22.3 Å². The number of anilines is 2. The number of carbonyl (C=O) groups is 2. The van der Waals surface area contributed by atoms with E-state index in [0.717, 1.165) is 22.3 Å². The topological polar surface area (TPSA) is 246 Å². The zero-order chi connectivity index (χ0) is 19.1. The summed E-state index contributed by atoms with van der Waals surface area (Å²) in [7, 11) is 0. The largest absolute Gasteiger partial charge is 1.00 e. The molecule has 0 amide bonds. The first-order valence-electron chi connectivity index (χ1n) is 6.84. The van der Waals surface area contributed by atoms with Crippen molar-refractivity contribution in [3.05, 3.63) is 25.3 Å². The second kappa shape index (κ2) is 11.0. The number of fused-ring (bicyclic) bond motifs is 2. The van der Waals surface area contributed by atoms with Crippen molar-refractivity contribution in [2.45, 2.75) is 0 Å². The summed E-state index contributed by atoms with van der Waals surface area (Å²) in [6.45, 7) is 0. The van der Waals surface area contributed by atoms with Crippen LogP contribution < -0.4 is 66.4 Å². The molecule has 0 unspecified atom stereocenters. The van der Waals surface area contributed by atoms with Gasteiger partial charge in [0.2, 0.25) is 11.0 Å². The lowest BCUT2D eigenvalue weighted by molar-refractivity contribution is -0.470. The number of aromatic nitrogens is 8. The molecule has 0 radical (unpaired) electrons. The van der Waals surface area contributed by atoms with Gasteiger partial charge < -0.3 is 66.1 Å². The standard InChI is InChI=1S/2C5H5N5.C2H2O4.2ClH/c2*6-4-3-5(9-1-7-3)10-2-8-4;3-1(4)2(5)6;;/h2*1-2H,(H3,6,7,8,9,10);(H,3,4)(H,5,6);2*1H. The fourth-order valence-electron chi connectivity index (χ4n) is 1.74. The summed E-state index contributed by atoms with van der Waals surface area (Å²) in [5.74, 6) is -3.38. The van der Waals surface area contributed by atoms with Crippen LogP contribution in [0.5, 0.6) is 0 Å². The number of H-pyrrole nitrogens is 6. The fraction of sp³-hybridized carbons (Fsp3) is 0. The number of rotatable bonds is 0. The summed E-state index contributed by atoms with van der Waals surface area (Å²) in [6, 6.07) is 0. The van der Waals surface area contributed by atoms with Crippen LogP contribution in [0.2, 0.25) is 0 Å². The second-order valence-electron chi connectivity index (χ2n) is 4.52. The Morgan fingerprint density at radius 1 is 0.786 bits per heavy atom. The third-order valence-corrected chi connectivity index (χ3v) is 2.87. The van der Waals surface area contributed by atoms with Gasteiger partial charge in [-0.05, 0) is 0 Å². The molecule has 0 saturated heterocycles. The molecule has 0 saturated carbocycles. The second-order valence-corrected chi connectivity index (χ2v) is 4.52. The van der Waals surface area contributed by atoms with Crippen molar-refractivity contribution in [1.29, 1.82) is 0 Å². The van der Waals surface area contributed by atoms with E-state index in [2.05, 4.69) is 39.9 Å². The summed E-state index contributed by atoms with van der Waals surface area (Å²) in [4.78, 5) is 43.0. The Labute approximate surface area is 167 Å². The van der Waals surface area contributed by atoms with Crippen LogP contribution in [0.3, 0.4) is 0 Å². The predicted octanol–water partition coefficient (Wildman–Crippen LogP) is -12.0. The van der Waals surface area contributed by atoms with Crippen LogP contribution in [0.1, 0.15) is 0 Å². The number of aromatic amines is 6. The first-order chi connectivity index (χ1) is 12.4. The molecule has 16 heteroatoms. The number of imidazole rings is 2. The van der Waals surface area contributed by atoms with Gasteiger partial charge in [0.15, 0.2) is 12.7 Å². The number of hydrogen-bond acceptors (Lipinski definition) is 8. The number of hydrogen-bond donors (Lipinski definition) is 4. The minimum absolute atomic E-state index is 0. The van der Waals surface area contributed by atoms with Gasteiger partial charge in [-0.3, -0.25) is 0 Å². The Morgan fingerprint density at radius 2 is 1.14 bits per heavy atom. The molecule has 0 spiro atoms. The Bertz CT molecular complexity index is 969. The predicted molar refractivity (Wildman–Crippen MR) is 77.2 cm³/mol. The van der Waals surface area contributed by atoms with E-state index in [9.17, 15) is 0 Å². The SMILES string of the molecule is Nc1nc[nH+]c2[nH+]c[nH]c12.Nc1nc[nH+]c2[nH+]c[nH]c12.O=C([O-])C(=O)[O-].[Cl-].[Cl-]. The van der Waals surface area contributed by atoms with Crippen LogP contribution in [0.4, 0.5) is 11.6 Å². The van der Waals surface area contributed by atoms with E-state index in [1.807, 2.05) is 0 Å². The lowest BCUT2D eigenvalue weighted by Gasteiger charge is -1.97. The molecule has 0 atom stereocenters. The Balaban J connectivity index is 0.000000391. The zero-order valence-corrected chi connectivity index (χ0v) is 15.3. The van der Waals surface area contributed by atoms with E-state index in [1.165, 1.54) is 0 Å². The smallest absolute Gasteiger partial charge is 0.368 e. The van der Waals surface area contributed by atoms with E-state index in [4.69, 9.17) is 31.3 Å². The summed E-state index contributed by atoms with van der Waals surface area (Å²) in [5.41, 5.74) is 14.4. The van der Waals surface area contributed by atoms with Gasteiger partial charge in [0.1, 0.15) is 0 Å². The highest BCUT2D eigenvalue weighted by molar-refractivity contribution is 6.25. The van der Waals surface area contributed by atoms with Crippen molar-refractivity contribution in [1.82, 2.24) is 19.9 Å². The lowest BCUT2D eigenvalue weighted by atomic mass is 10.5. The number of carboxylic acids is 2. The molecule has 0 aliphatic rings. The Hall–Kier alpha value is -3.78. The number of carboxylic acid groups (broad SMARTS) is 2. The van der Waals surface area contributed by atoms with E-state index >= 15 is 0 Å². The third-order valence-electron chi connectivity index (χ3n) is 2.87. The Morgan fingerprint density at radius 3 is 1.43 bits per heavy atom. The molecule has 4 aromatic heterocycles. The van der Waals surface area contributed by atoms with E-state index in [1.54, 1.807) is 25.3 Å². The highest BCUT2D eigenvalue weighted by Gasteiger charge is 2.13. The minimum atomic E-state index is -2.19. The van der Waals surface area contributed by atoms with Crippen molar-refractivity contribution < 1.29 is 64.6 Å². The summed E-state index contributed by atoms with van der Waals surface area (Å²) in [5, 5.41) is 17.9. The molecule has 14 nitrogen and oxygen atoms in total. The molecule has 4 aromatic rings. The van der Waals surface area contributed by atoms with E-state index in [-0.39, 0.29) is 24.8 Å². The van der Waals surface area contributed by atoms with Gasteiger partial charge in [-0.2, -0.15) is 19.9 Å². The van der Waals surface area contributed by atoms with Crippen LogP contribution >= 0.6 is 0 Å². The number of aliphatic carboxylic acids is 2. The van der Waals surface area contributed by atoms with Gasteiger partial charge in [0.25, 0.3) is 0 Å². The molecule has 4 rings (SSSR count). The van der Waals surface area contributed by atoms with Gasteiger partial charge in [0, 0.05) is 9.97 Å². The first-order valence-corrected chi connectivity index (χ1v) is 6.84. The highest BCUT2D eigenvalue weighted by Crippen LogP contribution is 2.04. The van der Waals surface area contributed by atoms with Crippen LogP contribution in [0.15, 0.2) is 25.3 Å². The molecule has 0 aliphatic carbocycles. The molecule has 0 aromatic carbocycles. The molecule has 28 heavy (non-hydrogen) atoms. The van der Waals surface area contributed by atoms with Crippen molar-refractivity contribution in [2.75, 3.05) is 11.5 Å². The van der Waals surface area contributed by atoms with Crippen LogP contribution in [0, 0.1) is 0 Å². The molecule has 0 bridgehead atoms. The maximum absolute atomic E-state index is 8.93. The number of nitrogen functional groups attached to an aromatic ring is 2. The number of nitrogens with one attached hydrogen (secondary N) is 6. The Kier molecular flexibility index (Phi) is 9.55. The normalized spacial score (nSPS) is 9.00. The molecule has 0 aliphatic heterocycles. The quantitative estimate of drug-likeness (QED) is 0.193. The molecule has 4 heterocycles.